The zero-order chi connectivity index (χ0) is 11.8. The molecule has 1 aliphatic rings. The molecule has 0 atom stereocenters. The SMILES string of the molecule is CCCC1(N)CN(c2ncc(Br)cc2Br)C1. The van der Waals surface area contributed by atoms with Crippen LogP contribution in [0, 0.1) is 0 Å². The van der Waals surface area contributed by atoms with Gasteiger partial charge in [0.05, 0.1) is 10.0 Å². The van der Waals surface area contributed by atoms with Gasteiger partial charge in [0.25, 0.3) is 0 Å². The number of nitrogens with two attached hydrogens (primary N) is 1. The predicted octanol–water partition coefficient (Wildman–Crippen LogP) is 2.92. The zero-order valence-electron chi connectivity index (χ0n) is 9.21. The van der Waals surface area contributed by atoms with E-state index in [9.17, 15) is 0 Å². The molecule has 0 unspecified atom stereocenters. The van der Waals surface area contributed by atoms with Crippen LogP contribution >= 0.6 is 31.9 Å². The van der Waals surface area contributed by atoms with E-state index in [0.717, 1.165) is 40.7 Å². The maximum Gasteiger partial charge on any atom is 0.143 e. The lowest BCUT2D eigenvalue weighted by atomic mass is 9.86. The van der Waals surface area contributed by atoms with Gasteiger partial charge in [-0.15, -0.1) is 0 Å². The average molecular weight is 349 g/mol. The van der Waals surface area contributed by atoms with Gasteiger partial charge < -0.3 is 10.6 Å². The minimum Gasteiger partial charge on any atom is -0.352 e. The van der Waals surface area contributed by atoms with E-state index >= 15 is 0 Å². The number of anilines is 1. The second-order valence-electron chi connectivity index (χ2n) is 4.43. The molecular formula is C11H15Br2N3. The van der Waals surface area contributed by atoms with Gasteiger partial charge in [-0.2, -0.15) is 0 Å². The molecule has 0 saturated carbocycles. The predicted molar refractivity (Wildman–Crippen MR) is 73.7 cm³/mol. The molecule has 2 rings (SSSR count). The molecule has 1 fully saturated rings. The zero-order valence-corrected chi connectivity index (χ0v) is 12.4. The Morgan fingerprint density at radius 3 is 2.75 bits per heavy atom. The van der Waals surface area contributed by atoms with E-state index in [4.69, 9.17) is 5.73 Å². The molecule has 0 aromatic carbocycles. The topological polar surface area (TPSA) is 42.1 Å². The Morgan fingerprint density at radius 1 is 1.50 bits per heavy atom. The van der Waals surface area contributed by atoms with E-state index in [0.29, 0.717) is 0 Å². The molecule has 5 heteroatoms. The van der Waals surface area contributed by atoms with Crippen LogP contribution in [0.2, 0.25) is 0 Å². The molecule has 0 aliphatic carbocycles. The molecule has 1 aromatic heterocycles. The van der Waals surface area contributed by atoms with Crippen molar-refractivity contribution in [2.24, 2.45) is 5.73 Å². The fourth-order valence-corrected chi connectivity index (χ4v) is 3.40. The summed E-state index contributed by atoms with van der Waals surface area (Å²) in [5.74, 6) is 0.986. The Labute approximate surface area is 113 Å². The van der Waals surface area contributed by atoms with Crippen LogP contribution in [0.15, 0.2) is 21.2 Å². The molecule has 0 bridgehead atoms. The van der Waals surface area contributed by atoms with Crippen LogP contribution in [0.1, 0.15) is 19.8 Å². The van der Waals surface area contributed by atoms with Crippen LogP contribution in [0.5, 0.6) is 0 Å². The Hall–Kier alpha value is -0.130. The van der Waals surface area contributed by atoms with Gasteiger partial charge in [-0.25, -0.2) is 4.98 Å². The van der Waals surface area contributed by atoms with Crippen LogP contribution in [-0.4, -0.2) is 23.6 Å². The highest BCUT2D eigenvalue weighted by atomic mass is 79.9. The van der Waals surface area contributed by atoms with Gasteiger partial charge in [-0.1, -0.05) is 13.3 Å². The summed E-state index contributed by atoms with van der Waals surface area (Å²) in [6.07, 6.45) is 4.04. The first-order valence-electron chi connectivity index (χ1n) is 5.39. The van der Waals surface area contributed by atoms with Crippen molar-refractivity contribution in [2.45, 2.75) is 25.3 Å². The molecular weight excluding hydrogens is 334 g/mol. The number of pyridine rings is 1. The third kappa shape index (κ3) is 2.41. The minimum absolute atomic E-state index is 0.0110. The molecule has 1 saturated heterocycles. The van der Waals surface area contributed by atoms with Crippen LogP contribution in [-0.2, 0) is 0 Å². The van der Waals surface area contributed by atoms with Crippen LogP contribution < -0.4 is 10.6 Å². The third-order valence-electron chi connectivity index (χ3n) is 2.85. The van der Waals surface area contributed by atoms with E-state index in [2.05, 4.69) is 48.7 Å². The van der Waals surface area contributed by atoms with E-state index < -0.39 is 0 Å². The van der Waals surface area contributed by atoms with Crippen molar-refractivity contribution >= 4 is 37.7 Å². The molecule has 88 valence electrons. The molecule has 3 nitrogen and oxygen atoms in total. The summed E-state index contributed by atoms with van der Waals surface area (Å²) in [5.41, 5.74) is 6.22. The summed E-state index contributed by atoms with van der Waals surface area (Å²) in [4.78, 5) is 6.62. The van der Waals surface area contributed by atoms with Crippen LogP contribution in [0.25, 0.3) is 0 Å². The van der Waals surface area contributed by atoms with Crippen molar-refractivity contribution in [2.75, 3.05) is 18.0 Å². The normalized spacial score (nSPS) is 18.4. The first kappa shape index (κ1) is 12.3. The molecule has 2 heterocycles. The number of hydrogen-bond acceptors (Lipinski definition) is 3. The highest BCUT2D eigenvalue weighted by molar-refractivity contribution is 9.11. The van der Waals surface area contributed by atoms with E-state index in [1.54, 1.807) is 0 Å². The minimum atomic E-state index is -0.0110. The van der Waals surface area contributed by atoms with Crippen LogP contribution in [0.3, 0.4) is 0 Å². The maximum atomic E-state index is 6.23. The van der Waals surface area contributed by atoms with Crippen molar-refractivity contribution < 1.29 is 0 Å². The van der Waals surface area contributed by atoms with Crippen molar-refractivity contribution in [1.82, 2.24) is 4.98 Å². The highest BCUT2D eigenvalue weighted by Crippen LogP contribution is 2.33. The van der Waals surface area contributed by atoms with E-state index in [1.165, 1.54) is 0 Å². The van der Waals surface area contributed by atoms with Crippen LogP contribution in [0.4, 0.5) is 5.82 Å². The Kier molecular flexibility index (Phi) is 3.56. The Balaban J connectivity index is 2.06. The second-order valence-corrected chi connectivity index (χ2v) is 6.20. The monoisotopic (exact) mass is 347 g/mol. The highest BCUT2D eigenvalue weighted by Gasteiger charge is 2.39. The largest absolute Gasteiger partial charge is 0.352 e. The van der Waals surface area contributed by atoms with Gasteiger partial charge in [0.15, 0.2) is 0 Å². The van der Waals surface area contributed by atoms with E-state index in [1.807, 2.05) is 12.3 Å². The van der Waals surface area contributed by atoms with Gasteiger partial charge in [0.2, 0.25) is 0 Å². The first-order valence-corrected chi connectivity index (χ1v) is 6.97. The summed E-state index contributed by atoms with van der Waals surface area (Å²) in [6.45, 7) is 3.97. The van der Waals surface area contributed by atoms with Gasteiger partial charge in [0.1, 0.15) is 5.82 Å². The molecule has 1 aromatic rings. The van der Waals surface area contributed by atoms with Crippen molar-refractivity contribution in [1.29, 1.82) is 0 Å². The van der Waals surface area contributed by atoms with Gasteiger partial charge in [-0.3, -0.25) is 0 Å². The fraction of sp³-hybridized carbons (Fsp3) is 0.545. The third-order valence-corrected chi connectivity index (χ3v) is 3.86. The summed E-state index contributed by atoms with van der Waals surface area (Å²) in [7, 11) is 0. The molecule has 16 heavy (non-hydrogen) atoms. The number of nitrogens with zero attached hydrogens (tertiary/aromatic N) is 2. The summed E-state index contributed by atoms with van der Waals surface area (Å²) >= 11 is 6.92. The van der Waals surface area contributed by atoms with Gasteiger partial charge >= 0.3 is 0 Å². The summed E-state index contributed by atoms with van der Waals surface area (Å²) in [6, 6.07) is 2.01. The summed E-state index contributed by atoms with van der Waals surface area (Å²) in [5, 5.41) is 0. The standard InChI is InChI=1S/C11H15Br2N3/c1-2-3-11(14)6-16(7-11)10-9(13)4-8(12)5-15-10/h4-5H,2-3,6-7,14H2,1H3. The van der Waals surface area contributed by atoms with Crippen molar-refractivity contribution in [3.8, 4) is 0 Å². The average Bonchev–Trinajstić information content (AvgIpc) is 2.14. The lowest BCUT2D eigenvalue weighted by Gasteiger charge is -2.48. The first-order chi connectivity index (χ1) is 7.54. The van der Waals surface area contributed by atoms with Crippen molar-refractivity contribution in [3.05, 3.63) is 21.2 Å². The van der Waals surface area contributed by atoms with Gasteiger partial charge in [-0.05, 0) is 44.3 Å². The molecule has 2 N–H and O–H groups in total. The Morgan fingerprint density at radius 2 is 2.19 bits per heavy atom. The lowest BCUT2D eigenvalue weighted by Crippen LogP contribution is -2.67. The quantitative estimate of drug-likeness (QED) is 0.913. The number of hydrogen-bond donors (Lipinski definition) is 1. The molecule has 0 radical (unpaired) electrons. The smallest absolute Gasteiger partial charge is 0.143 e. The summed E-state index contributed by atoms with van der Waals surface area (Å²) < 4.78 is 2.00. The molecule has 0 spiro atoms. The van der Waals surface area contributed by atoms with E-state index in [-0.39, 0.29) is 5.54 Å². The second kappa shape index (κ2) is 4.63. The van der Waals surface area contributed by atoms with Crippen molar-refractivity contribution in [3.63, 3.8) is 0 Å². The maximum absolute atomic E-state index is 6.23. The molecule has 1 aliphatic heterocycles. The number of rotatable bonds is 3. The Bertz CT molecular complexity index is 389. The lowest BCUT2D eigenvalue weighted by molar-refractivity contribution is 0.305. The van der Waals surface area contributed by atoms with Gasteiger partial charge in [0, 0.05) is 23.8 Å². The number of halogens is 2. The number of aromatic nitrogens is 1. The fourth-order valence-electron chi connectivity index (χ4n) is 2.16. The molecule has 0 amide bonds.